The monoisotopic (exact) mass is 477 g/mol. The van der Waals surface area contributed by atoms with Gasteiger partial charge in [0.15, 0.2) is 0 Å². The highest BCUT2D eigenvalue weighted by molar-refractivity contribution is 5.84. The van der Waals surface area contributed by atoms with Crippen LogP contribution in [0.15, 0.2) is 65.7 Å². The van der Waals surface area contributed by atoms with E-state index in [4.69, 9.17) is 5.11 Å². The van der Waals surface area contributed by atoms with Gasteiger partial charge in [0.05, 0.1) is 24.3 Å². The minimum Gasteiger partial charge on any atom is -0.395 e. The maximum absolute atomic E-state index is 12.9. The number of nitrogens with one attached hydrogen (secondary N) is 1. The van der Waals surface area contributed by atoms with E-state index in [1.807, 2.05) is 68.4 Å². The molecule has 2 aromatic carbocycles. The van der Waals surface area contributed by atoms with Crippen LogP contribution in [0.1, 0.15) is 50.6 Å². The van der Waals surface area contributed by atoms with Crippen LogP contribution in [-0.4, -0.2) is 51.6 Å². The number of piperidine rings is 1. The Morgan fingerprint density at radius 3 is 2.37 bits per heavy atom. The molecule has 0 aliphatic carbocycles. The molecule has 0 radical (unpaired) electrons. The number of amides is 1. The molecule has 2 N–H and O–H groups in total. The number of nitrogens with zero attached hydrogens (tertiary/aromatic N) is 4. The Balaban J connectivity index is 1.44. The Morgan fingerprint density at radius 2 is 1.74 bits per heavy atom. The molecular weight excluding hydrogens is 442 g/mol. The molecule has 0 saturated carbocycles. The van der Waals surface area contributed by atoms with Crippen molar-refractivity contribution in [1.82, 2.24) is 19.7 Å². The van der Waals surface area contributed by atoms with E-state index in [0.29, 0.717) is 0 Å². The second kappa shape index (κ2) is 11.4. The summed E-state index contributed by atoms with van der Waals surface area (Å²) in [5.74, 6) is -0.00535. The quantitative estimate of drug-likeness (QED) is 0.494. The number of benzene rings is 2. The van der Waals surface area contributed by atoms with Crippen molar-refractivity contribution in [3.8, 4) is 5.69 Å². The Labute approximate surface area is 206 Å². The van der Waals surface area contributed by atoms with Crippen molar-refractivity contribution in [3.05, 3.63) is 77.0 Å². The average Bonchev–Trinajstić information content (AvgIpc) is 3.29. The molecule has 1 aliphatic rings. The number of aromatic nitrogens is 3. The van der Waals surface area contributed by atoms with Crippen LogP contribution in [0.3, 0.4) is 0 Å². The van der Waals surface area contributed by atoms with Crippen molar-refractivity contribution >= 4 is 11.6 Å². The third kappa shape index (κ3) is 5.48. The maximum Gasteiger partial charge on any atom is 0.350 e. The lowest BCUT2D eigenvalue weighted by molar-refractivity contribution is -0.124. The van der Waals surface area contributed by atoms with Gasteiger partial charge in [-0.15, -0.1) is 0 Å². The zero-order valence-electron chi connectivity index (χ0n) is 20.5. The molecule has 2 unspecified atom stereocenters. The number of aliphatic hydroxyl groups excluding tert-OH is 1. The van der Waals surface area contributed by atoms with Crippen LogP contribution < -0.4 is 15.9 Å². The molecule has 1 aromatic heterocycles. The van der Waals surface area contributed by atoms with Gasteiger partial charge in [-0.25, -0.2) is 14.0 Å². The molecule has 0 bridgehead atoms. The highest BCUT2D eigenvalue weighted by Gasteiger charge is 2.32. The van der Waals surface area contributed by atoms with Crippen LogP contribution in [0, 0.1) is 5.92 Å². The molecule has 186 valence electrons. The number of carbonyl (C=O) groups excluding carboxylic acids is 1. The Bertz CT molecular complexity index is 1150. The van der Waals surface area contributed by atoms with E-state index in [9.17, 15) is 9.59 Å². The third-order valence-corrected chi connectivity index (χ3v) is 7.06. The molecule has 4 rings (SSSR count). The van der Waals surface area contributed by atoms with E-state index >= 15 is 0 Å². The smallest absolute Gasteiger partial charge is 0.350 e. The SMILES string of the molecule is CCC(C)n1ncn(-c2ccc(N3CCC(C(C(=O)NCCO)c4ccccc4)CC3)cc2)c1=O. The summed E-state index contributed by atoms with van der Waals surface area (Å²) in [6.45, 7) is 5.94. The molecule has 0 spiro atoms. The van der Waals surface area contributed by atoms with Gasteiger partial charge < -0.3 is 15.3 Å². The van der Waals surface area contributed by atoms with Gasteiger partial charge >= 0.3 is 5.69 Å². The molecule has 2 heterocycles. The van der Waals surface area contributed by atoms with Gasteiger partial charge in [0.25, 0.3) is 0 Å². The Hall–Kier alpha value is -3.39. The van der Waals surface area contributed by atoms with Crippen LogP contribution in [0.25, 0.3) is 5.69 Å². The van der Waals surface area contributed by atoms with Crippen molar-refractivity contribution in [2.75, 3.05) is 31.1 Å². The largest absolute Gasteiger partial charge is 0.395 e. The molecule has 1 amide bonds. The van der Waals surface area contributed by atoms with Crippen molar-refractivity contribution in [1.29, 1.82) is 0 Å². The van der Waals surface area contributed by atoms with Crippen LogP contribution in [0.2, 0.25) is 0 Å². The van der Waals surface area contributed by atoms with Crippen LogP contribution in [-0.2, 0) is 4.79 Å². The lowest BCUT2D eigenvalue weighted by Crippen LogP contribution is -2.41. The van der Waals surface area contributed by atoms with E-state index in [1.165, 1.54) is 4.68 Å². The summed E-state index contributed by atoms with van der Waals surface area (Å²) >= 11 is 0. The molecule has 8 heteroatoms. The minimum atomic E-state index is -0.221. The second-order valence-electron chi connectivity index (χ2n) is 9.23. The Morgan fingerprint density at radius 1 is 1.09 bits per heavy atom. The van der Waals surface area contributed by atoms with Crippen molar-refractivity contribution in [2.45, 2.75) is 45.1 Å². The lowest BCUT2D eigenvalue weighted by Gasteiger charge is -2.37. The third-order valence-electron chi connectivity index (χ3n) is 7.06. The van der Waals surface area contributed by atoms with E-state index in [1.54, 1.807) is 10.9 Å². The fourth-order valence-electron chi connectivity index (χ4n) is 4.87. The van der Waals surface area contributed by atoms with Crippen LogP contribution in [0.4, 0.5) is 5.69 Å². The van der Waals surface area contributed by atoms with Gasteiger partial charge in [0.1, 0.15) is 6.33 Å². The van der Waals surface area contributed by atoms with Crippen molar-refractivity contribution in [2.24, 2.45) is 5.92 Å². The van der Waals surface area contributed by atoms with Gasteiger partial charge in [-0.2, -0.15) is 5.10 Å². The first-order valence-corrected chi connectivity index (χ1v) is 12.5. The molecule has 8 nitrogen and oxygen atoms in total. The molecule has 1 aliphatic heterocycles. The first kappa shape index (κ1) is 24.7. The molecular formula is C27H35N5O3. The van der Waals surface area contributed by atoms with E-state index in [2.05, 4.69) is 15.3 Å². The topological polar surface area (TPSA) is 92.4 Å². The normalized spacial score (nSPS) is 16.1. The van der Waals surface area contributed by atoms with Gasteiger partial charge in [-0.05, 0) is 61.9 Å². The van der Waals surface area contributed by atoms with E-state index < -0.39 is 0 Å². The summed E-state index contributed by atoms with van der Waals surface area (Å²) in [4.78, 5) is 28.0. The summed E-state index contributed by atoms with van der Waals surface area (Å²) in [5.41, 5.74) is 2.80. The van der Waals surface area contributed by atoms with Crippen molar-refractivity contribution < 1.29 is 9.90 Å². The number of hydrogen-bond donors (Lipinski definition) is 2. The van der Waals surface area contributed by atoms with Crippen LogP contribution >= 0.6 is 0 Å². The minimum absolute atomic E-state index is 0.0172. The second-order valence-corrected chi connectivity index (χ2v) is 9.23. The zero-order chi connectivity index (χ0) is 24.8. The summed E-state index contributed by atoms with van der Waals surface area (Å²) in [7, 11) is 0. The van der Waals surface area contributed by atoms with E-state index in [-0.39, 0.29) is 42.6 Å². The predicted octanol–water partition coefficient (Wildman–Crippen LogP) is 3.11. The summed E-state index contributed by atoms with van der Waals surface area (Å²) in [5, 5.41) is 16.3. The first-order chi connectivity index (χ1) is 17.0. The number of aliphatic hydroxyl groups is 1. The fraction of sp³-hybridized carbons (Fsp3) is 0.444. The molecule has 1 saturated heterocycles. The Kier molecular flexibility index (Phi) is 8.02. The number of rotatable bonds is 9. The summed E-state index contributed by atoms with van der Waals surface area (Å²) < 4.78 is 3.11. The molecule has 35 heavy (non-hydrogen) atoms. The van der Waals surface area contributed by atoms with Gasteiger partial charge in [0, 0.05) is 25.3 Å². The molecule has 1 fully saturated rings. The summed E-state index contributed by atoms with van der Waals surface area (Å²) in [6.07, 6.45) is 4.23. The standard InChI is InChI=1S/C27H35N5O3/c1-3-20(2)32-27(35)31(19-29-32)24-11-9-23(10-12-24)30-16-13-22(14-17-30)25(26(34)28-15-18-33)21-7-5-4-6-8-21/h4-12,19-20,22,25,33H,3,13-18H2,1-2H3,(H,28,34). The van der Waals surface area contributed by atoms with Gasteiger partial charge in [-0.1, -0.05) is 37.3 Å². The highest BCUT2D eigenvalue weighted by Crippen LogP contribution is 2.34. The molecule has 3 aromatic rings. The maximum atomic E-state index is 12.9. The number of anilines is 1. The average molecular weight is 478 g/mol. The zero-order valence-corrected chi connectivity index (χ0v) is 20.5. The van der Waals surface area contributed by atoms with Crippen molar-refractivity contribution in [3.63, 3.8) is 0 Å². The molecule has 2 atom stereocenters. The van der Waals surface area contributed by atoms with Gasteiger partial charge in [0.2, 0.25) is 5.91 Å². The van der Waals surface area contributed by atoms with Gasteiger partial charge in [-0.3, -0.25) is 4.79 Å². The number of carbonyl (C=O) groups is 1. The fourth-order valence-corrected chi connectivity index (χ4v) is 4.87. The highest BCUT2D eigenvalue weighted by atomic mass is 16.3. The van der Waals surface area contributed by atoms with Crippen LogP contribution in [0.5, 0.6) is 0 Å². The first-order valence-electron chi connectivity index (χ1n) is 12.5. The van der Waals surface area contributed by atoms with E-state index in [0.717, 1.165) is 49.3 Å². The number of hydrogen-bond acceptors (Lipinski definition) is 5. The predicted molar refractivity (Wildman–Crippen MR) is 137 cm³/mol. The summed E-state index contributed by atoms with van der Waals surface area (Å²) in [6, 6.07) is 18.0. The lowest BCUT2D eigenvalue weighted by atomic mass is 9.79.